The molecule has 3 heteroatoms. The molecule has 0 aromatic heterocycles. The van der Waals surface area contributed by atoms with Crippen molar-refractivity contribution in [1.82, 2.24) is 4.90 Å². The Balaban J connectivity index is 2.68. The van der Waals surface area contributed by atoms with E-state index in [-0.39, 0.29) is 6.10 Å². The Morgan fingerprint density at radius 3 is 2.73 bits per heavy atom. The van der Waals surface area contributed by atoms with Crippen LogP contribution in [-0.4, -0.2) is 29.7 Å². The number of nitrogen functional groups attached to an aromatic ring is 1. The van der Waals surface area contributed by atoms with Crippen molar-refractivity contribution in [3.63, 3.8) is 0 Å². The van der Waals surface area contributed by atoms with Crippen LogP contribution in [0.15, 0.2) is 18.2 Å². The van der Waals surface area contributed by atoms with Crippen LogP contribution in [0.4, 0.5) is 5.69 Å². The first-order valence-electron chi connectivity index (χ1n) is 5.21. The van der Waals surface area contributed by atoms with Crippen LogP contribution in [0.5, 0.6) is 0 Å². The van der Waals surface area contributed by atoms with Crippen LogP contribution in [0.3, 0.4) is 0 Å². The van der Waals surface area contributed by atoms with Crippen LogP contribution < -0.4 is 5.73 Å². The van der Waals surface area contributed by atoms with E-state index in [0.29, 0.717) is 6.54 Å². The van der Waals surface area contributed by atoms with Crippen LogP contribution in [0.1, 0.15) is 18.1 Å². The van der Waals surface area contributed by atoms with Crippen LogP contribution >= 0.6 is 0 Å². The van der Waals surface area contributed by atoms with Crippen LogP contribution in [0.25, 0.3) is 0 Å². The zero-order valence-electron chi connectivity index (χ0n) is 9.70. The molecule has 0 aliphatic heterocycles. The topological polar surface area (TPSA) is 49.5 Å². The fourth-order valence-electron chi connectivity index (χ4n) is 1.68. The van der Waals surface area contributed by atoms with E-state index in [1.165, 1.54) is 5.56 Å². The SMILES string of the molecule is Cc1c(N)cccc1CN(C)CC(C)O. The zero-order valence-corrected chi connectivity index (χ0v) is 9.70. The highest BCUT2D eigenvalue weighted by Gasteiger charge is 2.06. The van der Waals surface area contributed by atoms with Crippen molar-refractivity contribution in [2.45, 2.75) is 26.5 Å². The van der Waals surface area contributed by atoms with E-state index in [1.807, 2.05) is 26.1 Å². The summed E-state index contributed by atoms with van der Waals surface area (Å²) < 4.78 is 0. The molecule has 15 heavy (non-hydrogen) atoms. The normalized spacial score (nSPS) is 13.1. The largest absolute Gasteiger partial charge is 0.399 e. The first-order chi connectivity index (χ1) is 7.00. The molecule has 0 saturated carbocycles. The Morgan fingerprint density at radius 1 is 1.47 bits per heavy atom. The summed E-state index contributed by atoms with van der Waals surface area (Å²) in [5, 5.41) is 9.26. The van der Waals surface area contributed by atoms with E-state index < -0.39 is 0 Å². The smallest absolute Gasteiger partial charge is 0.0639 e. The number of benzene rings is 1. The molecule has 3 N–H and O–H groups in total. The third kappa shape index (κ3) is 3.53. The second kappa shape index (κ2) is 5.14. The van der Waals surface area contributed by atoms with Gasteiger partial charge < -0.3 is 10.8 Å². The number of nitrogens with two attached hydrogens (primary N) is 1. The van der Waals surface area contributed by atoms with E-state index >= 15 is 0 Å². The third-order valence-electron chi connectivity index (χ3n) is 2.50. The summed E-state index contributed by atoms with van der Waals surface area (Å²) in [5.74, 6) is 0. The Morgan fingerprint density at radius 2 is 2.13 bits per heavy atom. The summed E-state index contributed by atoms with van der Waals surface area (Å²) in [4.78, 5) is 2.09. The van der Waals surface area contributed by atoms with Gasteiger partial charge in [0.2, 0.25) is 0 Å². The molecule has 1 atom stereocenters. The van der Waals surface area contributed by atoms with Gasteiger partial charge in [-0.15, -0.1) is 0 Å². The average Bonchev–Trinajstić information content (AvgIpc) is 2.11. The van der Waals surface area contributed by atoms with E-state index in [9.17, 15) is 5.11 Å². The summed E-state index contributed by atoms with van der Waals surface area (Å²) in [6.07, 6.45) is -0.295. The number of aliphatic hydroxyl groups excluding tert-OH is 1. The molecule has 0 aliphatic carbocycles. The lowest BCUT2D eigenvalue weighted by atomic mass is 10.1. The van der Waals surface area contributed by atoms with Gasteiger partial charge in [-0.1, -0.05) is 12.1 Å². The van der Waals surface area contributed by atoms with Gasteiger partial charge in [0, 0.05) is 18.8 Å². The fourth-order valence-corrected chi connectivity index (χ4v) is 1.68. The highest BCUT2D eigenvalue weighted by molar-refractivity contribution is 5.49. The number of likely N-dealkylation sites (N-methyl/N-ethyl adjacent to an activating group) is 1. The second-order valence-electron chi connectivity index (χ2n) is 4.18. The highest BCUT2D eigenvalue weighted by Crippen LogP contribution is 2.16. The van der Waals surface area contributed by atoms with E-state index in [4.69, 9.17) is 5.73 Å². The molecular formula is C12H20N2O. The number of anilines is 1. The number of rotatable bonds is 4. The van der Waals surface area contributed by atoms with Crippen molar-refractivity contribution in [2.24, 2.45) is 0 Å². The molecule has 1 unspecified atom stereocenters. The van der Waals surface area contributed by atoms with E-state index in [0.717, 1.165) is 17.8 Å². The maximum absolute atomic E-state index is 9.26. The Kier molecular flexibility index (Phi) is 4.12. The Bertz CT molecular complexity index is 323. The predicted octanol–water partition coefficient (Wildman–Crippen LogP) is 1.39. The average molecular weight is 208 g/mol. The molecule has 0 amide bonds. The highest BCUT2D eigenvalue weighted by atomic mass is 16.3. The van der Waals surface area contributed by atoms with Gasteiger partial charge in [0.15, 0.2) is 0 Å². The molecule has 0 aliphatic rings. The van der Waals surface area contributed by atoms with Crippen LogP contribution in [-0.2, 0) is 6.54 Å². The fraction of sp³-hybridized carbons (Fsp3) is 0.500. The summed E-state index contributed by atoms with van der Waals surface area (Å²) in [6.45, 7) is 5.32. The van der Waals surface area contributed by atoms with Crippen molar-refractivity contribution in [2.75, 3.05) is 19.3 Å². The first-order valence-corrected chi connectivity index (χ1v) is 5.21. The van der Waals surface area contributed by atoms with Gasteiger partial charge >= 0.3 is 0 Å². The monoisotopic (exact) mass is 208 g/mol. The Labute approximate surface area is 91.5 Å². The predicted molar refractivity (Wildman–Crippen MR) is 63.6 cm³/mol. The molecule has 1 aromatic carbocycles. The van der Waals surface area contributed by atoms with Gasteiger partial charge in [-0.05, 0) is 38.1 Å². The van der Waals surface area contributed by atoms with Crippen molar-refractivity contribution in [3.05, 3.63) is 29.3 Å². The molecule has 0 radical (unpaired) electrons. The maximum Gasteiger partial charge on any atom is 0.0639 e. The van der Waals surface area contributed by atoms with Crippen molar-refractivity contribution in [3.8, 4) is 0 Å². The van der Waals surface area contributed by atoms with Gasteiger partial charge in [0.1, 0.15) is 0 Å². The molecule has 3 nitrogen and oxygen atoms in total. The molecule has 0 bridgehead atoms. The molecular weight excluding hydrogens is 188 g/mol. The molecule has 1 rings (SSSR count). The lowest BCUT2D eigenvalue weighted by molar-refractivity contribution is 0.138. The lowest BCUT2D eigenvalue weighted by Crippen LogP contribution is -2.27. The third-order valence-corrected chi connectivity index (χ3v) is 2.50. The minimum atomic E-state index is -0.295. The van der Waals surface area contributed by atoms with Crippen molar-refractivity contribution >= 4 is 5.69 Å². The number of hydrogen-bond donors (Lipinski definition) is 2. The van der Waals surface area contributed by atoms with Gasteiger partial charge in [-0.3, -0.25) is 4.90 Å². The first kappa shape index (κ1) is 12.0. The van der Waals surface area contributed by atoms with Crippen LogP contribution in [0, 0.1) is 6.92 Å². The molecule has 0 saturated heterocycles. The van der Waals surface area contributed by atoms with E-state index in [1.54, 1.807) is 6.92 Å². The number of nitrogens with zero attached hydrogens (tertiary/aromatic N) is 1. The van der Waals surface area contributed by atoms with Crippen molar-refractivity contribution in [1.29, 1.82) is 0 Å². The van der Waals surface area contributed by atoms with Gasteiger partial charge in [-0.2, -0.15) is 0 Å². The minimum Gasteiger partial charge on any atom is -0.399 e. The van der Waals surface area contributed by atoms with Gasteiger partial charge in [-0.25, -0.2) is 0 Å². The number of aliphatic hydroxyl groups is 1. The quantitative estimate of drug-likeness (QED) is 0.735. The maximum atomic E-state index is 9.26. The van der Waals surface area contributed by atoms with E-state index in [2.05, 4.69) is 11.0 Å². The molecule has 1 aromatic rings. The summed E-state index contributed by atoms with van der Waals surface area (Å²) >= 11 is 0. The molecule has 0 fully saturated rings. The summed E-state index contributed by atoms with van der Waals surface area (Å²) in [5.41, 5.74) is 9.02. The summed E-state index contributed by atoms with van der Waals surface area (Å²) in [7, 11) is 2.00. The molecule has 84 valence electrons. The standard InChI is InChI=1S/C12H20N2O/c1-9(15)7-14(3)8-11-5-4-6-12(13)10(11)2/h4-6,9,15H,7-8,13H2,1-3H3. The van der Waals surface area contributed by atoms with Crippen molar-refractivity contribution < 1.29 is 5.11 Å². The lowest BCUT2D eigenvalue weighted by Gasteiger charge is -2.19. The van der Waals surface area contributed by atoms with Crippen LogP contribution in [0.2, 0.25) is 0 Å². The number of hydrogen-bond acceptors (Lipinski definition) is 3. The summed E-state index contributed by atoms with van der Waals surface area (Å²) in [6, 6.07) is 5.95. The molecule has 0 heterocycles. The second-order valence-corrected chi connectivity index (χ2v) is 4.18. The molecule has 0 spiro atoms. The van der Waals surface area contributed by atoms with Gasteiger partial charge in [0.05, 0.1) is 6.10 Å². The zero-order chi connectivity index (χ0) is 11.4. The minimum absolute atomic E-state index is 0.295. The Hall–Kier alpha value is -1.06. The van der Waals surface area contributed by atoms with Gasteiger partial charge in [0.25, 0.3) is 0 Å².